The molecule has 0 aromatic heterocycles. The highest BCUT2D eigenvalue weighted by Crippen LogP contribution is 2.37. The van der Waals surface area contributed by atoms with Gasteiger partial charge in [-0.05, 0) is 65.5 Å². The molecule has 1 aliphatic heterocycles. The van der Waals surface area contributed by atoms with Crippen LogP contribution in [-0.4, -0.2) is 32.7 Å². The molecule has 3 rings (SSSR count). The van der Waals surface area contributed by atoms with Crippen molar-refractivity contribution in [2.24, 2.45) is 0 Å². The number of unbranched alkanes of at least 4 members (excludes halogenated alkanes) is 2. The molecule has 0 unspecified atom stereocenters. The minimum Gasteiger partial charge on any atom is -0.506 e. The highest BCUT2D eigenvalue weighted by Gasteiger charge is 2.31. The molecule has 0 atom stereocenters. The lowest BCUT2D eigenvalue weighted by Crippen LogP contribution is -2.29. The monoisotopic (exact) mass is 596 g/mol. The highest BCUT2D eigenvalue weighted by molar-refractivity contribution is 9.11. The van der Waals surface area contributed by atoms with Crippen molar-refractivity contribution in [2.75, 3.05) is 11.9 Å². The first-order valence-corrected chi connectivity index (χ1v) is 12.9. The molecule has 2 N–H and O–H groups in total. The van der Waals surface area contributed by atoms with Crippen molar-refractivity contribution in [2.45, 2.75) is 32.6 Å². The molecule has 0 saturated carbocycles. The number of carbonyl (C=O) groups excluding carboxylic acids is 2. The second kappa shape index (κ2) is 11.4. The molecule has 0 aliphatic carbocycles. The number of thiocarbonyl (C=S) groups is 1. The van der Waals surface area contributed by atoms with Crippen molar-refractivity contribution in [1.82, 2.24) is 4.90 Å². The van der Waals surface area contributed by atoms with Crippen molar-refractivity contribution in [3.63, 3.8) is 0 Å². The van der Waals surface area contributed by atoms with Gasteiger partial charge in [0.1, 0.15) is 10.1 Å². The SMILES string of the molecule is Cc1ccccc1NC(=O)CCCCCN1C(=O)/C(=C/c2cc(Br)cc(Br)c2O)SC1=S. The fourth-order valence-corrected chi connectivity index (χ4v) is 5.75. The number of para-hydroxylation sites is 1. The van der Waals surface area contributed by atoms with Crippen LogP contribution in [0.2, 0.25) is 0 Å². The predicted molar refractivity (Wildman–Crippen MR) is 142 cm³/mol. The van der Waals surface area contributed by atoms with Gasteiger partial charge in [0, 0.05) is 28.7 Å². The Kier molecular flexibility index (Phi) is 8.93. The fraction of sp³-hybridized carbons (Fsp3) is 0.261. The Morgan fingerprint density at radius 2 is 1.97 bits per heavy atom. The van der Waals surface area contributed by atoms with Crippen LogP contribution < -0.4 is 5.32 Å². The van der Waals surface area contributed by atoms with E-state index < -0.39 is 0 Å². The Morgan fingerprint density at radius 3 is 2.72 bits per heavy atom. The van der Waals surface area contributed by atoms with Crippen LogP contribution >= 0.6 is 55.8 Å². The summed E-state index contributed by atoms with van der Waals surface area (Å²) in [6.07, 6.45) is 4.40. The van der Waals surface area contributed by atoms with E-state index in [2.05, 4.69) is 37.2 Å². The molecule has 2 aromatic rings. The molecule has 1 saturated heterocycles. The molecule has 2 aromatic carbocycles. The average Bonchev–Trinajstić information content (AvgIpc) is 3.00. The van der Waals surface area contributed by atoms with Gasteiger partial charge in [0.2, 0.25) is 5.91 Å². The molecular formula is C23H22Br2N2O3S2. The Hall–Kier alpha value is -1.68. The van der Waals surface area contributed by atoms with Crippen molar-refractivity contribution < 1.29 is 14.7 Å². The van der Waals surface area contributed by atoms with Gasteiger partial charge < -0.3 is 10.4 Å². The third-order valence-electron chi connectivity index (χ3n) is 4.92. The van der Waals surface area contributed by atoms with Crippen LogP contribution in [-0.2, 0) is 9.59 Å². The number of nitrogens with one attached hydrogen (secondary N) is 1. The number of aromatic hydroxyl groups is 1. The van der Waals surface area contributed by atoms with Crippen molar-refractivity contribution in [1.29, 1.82) is 0 Å². The number of rotatable bonds is 8. The number of hydrogen-bond acceptors (Lipinski definition) is 5. The Morgan fingerprint density at radius 1 is 1.22 bits per heavy atom. The Bertz CT molecular complexity index is 1090. The van der Waals surface area contributed by atoms with E-state index in [-0.39, 0.29) is 17.6 Å². The molecule has 0 spiro atoms. The maximum absolute atomic E-state index is 12.8. The molecule has 1 aliphatic rings. The zero-order chi connectivity index (χ0) is 23.3. The van der Waals surface area contributed by atoms with Crippen LogP contribution in [0.15, 0.2) is 50.2 Å². The summed E-state index contributed by atoms with van der Waals surface area (Å²) in [6, 6.07) is 11.2. The van der Waals surface area contributed by atoms with Crippen LogP contribution in [0.1, 0.15) is 36.8 Å². The molecule has 2 amide bonds. The van der Waals surface area contributed by atoms with Crippen LogP contribution in [0.25, 0.3) is 6.08 Å². The molecule has 0 radical (unpaired) electrons. The third-order valence-corrected chi connectivity index (χ3v) is 7.36. The van der Waals surface area contributed by atoms with Gasteiger partial charge in [0.15, 0.2) is 0 Å². The summed E-state index contributed by atoms with van der Waals surface area (Å²) in [5.74, 6) is -0.0944. The topological polar surface area (TPSA) is 69.6 Å². The summed E-state index contributed by atoms with van der Waals surface area (Å²) in [7, 11) is 0. The highest BCUT2D eigenvalue weighted by atomic mass is 79.9. The lowest BCUT2D eigenvalue weighted by atomic mass is 10.1. The van der Waals surface area contributed by atoms with E-state index >= 15 is 0 Å². The molecule has 32 heavy (non-hydrogen) atoms. The minimum absolute atomic E-state index is 0.00663. The lowest BCUT2D eigenvalue weighted by Gasteiger charge is -2.14. The molecule has 9 heteroatoms. The summed E-state index contributed by atoms with van der Waals surface area (Å²) in [4.78, 5) is 27.0. The van der Waals surface area contributed by atoms with Crippen molar-refractivity contribution in [3.8, 4) is 5.75 Å². The van der Waals surface area contributed by atoms with Gasteiger partial charge in [-0.25, -0.2) is 0 Å². The van der Waals surface area contributed by atoms with E-state index in [0.29, 0.717) is 32.2 Å². The molecule has 168 valence electrons. The van der Waals surface area contributed by atoms with Crippen LogP contribution in [0.3, 0.4) is 0 Å². The number of hydrogen-bond donors (Lipinski definition) is 2. The predicted octanol–water partition coefficient (Wildman–Crippen LogP) is 6.63. The van der Waals surface area contributed by atoms with Gasteiger partial charge in [-0.1, -0.05) is 64.5 Å². The Balaban J connectivity index is 1.48. The standard InChI is InChI=1S/C23H22Br2N2O3S2/c1-14-7-4-5-8-18(14)26-20(28)9-3-2-6-10-27-22(30)19(32-23(27)31)12-15-11-16(24)13-17(25)21(15)29/h4-5,7-8,11-13,29H,2-3,6,9-10H2,1H3,(H,26,28)/b19-12-. The Labute approximate surface area is 213 Å². The first-order valence-electron chi connectivity index (χ1n) is 10.0. The summed E-state index contributed by atoms with van der Waals surface area (Å²) in [5.41, 5.74) is 2.41. The summed E-state index contributed by atoms with van der Waals surface area (Å²) >= 11 is 13.3. The number of halogens is 2. The molecule has 0 bridgehead atoms. The van der Waals surface area contributed by atoms with Gasteiger partial charge >= 0.3 is 0 Å². The molecule has 5 nitrogen and oxygen atoms in total. The number of thioether (sulfide) groups is 1. The average molecular weight is 598 g/mol. The van der Waals surface area contributed by atoms with Gasteiger partial charge in [-0.2, -0.15) is 0 Å². The lowest BCUT2D eigenvalue weighted by molar-refractivity contribution is -0.122. The smallest absolute Gasteiger partial charge is 0.266 e. The number of nitrogens with zero attached hydrogens (tertiary/aromatic N) is 1. The molecule has 1 heterocycles. The zero-order valence-corrected chi connectivity index (χ0v) is 22.2. The van der Waals surface area contributed by atoms with Gasteiger partial charge in [0.25, 0.3) is 5.91 Å². The first-order chi connectivity index (χ1) is 15.3. The number of anilines is 1. The van der Waals surface area contributed by atoms with E-state index in [4.69, 9.17) is 12.2 Å². The number of phenolic OH excluding ortho intramolecular Hbond substituents is 1. The number of benzene rings is 2. The second-order valence-corrected chi connectivity index (χ2v) is 10.8. The van der Waals surface area contributed by atoms with Crippen LogP contribution in [0.5, 0.6) is 5.75 Å². The van der Waals surface area contributed by atoms with Crippen molar-refractivity contribution in [3.05, 3.63) is 61.4 Å². The summed E-state index contributed by atoms with van der Waals surface area (Å²) in [5, 5.41) is 13.2. The minimum atomic E-state index is -0.159. The number of phenols is 1. The van der Waals surface area contributed by atoms with E-state index in [1.165, 1.54) is 11.8 Å². The fourth-order valence-electron chi connectivity index (χ4n) is 3.19. The van der Waals surface area contributed by atoms with E-state index in [1.807, 2.05) is 31.2 Å². The van der Waals surface area contributed by atoms with Gasteiger partial charge in [-0.3, -0.25) is 14.5 Å². The van der Waals surface area contributed by atoms with E-state index in [1.54, 1.807) is 23.1 Å². The third kappa shape index (κ3) is 6.43. The van der Waals surface area contributed by atoms with Gasteiger partial charge in [0.05, 0.1) is 9.38 Å². The van der Waals surface area contributed by atoms with Gasteiger partial charge in [-0.15, -0.1) is 0 Å². The maximum Gasteiger partial charge on any atom is 0.266 e. The maximum atomic E-state index is 12.8. The van der Waals surface area contributed by atoms with E-state index in [0.717, 1.165) is 35.0 Å². The second-order valence-electron chi connectivity index (χ2n) is 7.33. The van der Waals surface area contributed by atoms with Crippen LogP contribution in [0.4, 0.5) is 5.69 Å². The number of carbonyl (C=O) groups is 2. The summed E-state index contributed by atoms with van der Waals surface area (Å²) in [6.45, 7) is 2.47. The number of aryl methyl sites for hydroxylation is 1. The van der Waals surface area contributed by atoms with Crippen LogP contribution in [0, 0.1) is 6.92 Å². The largest absolute Gasteiger partial charge is 0.506 e. The zero-order valence-electron chi connectivity index (χ0n) is 17.4. The summed E-state index contributed by atoms with van der Waals surface area (Å²) < 4.78 is 1.84. The van der Waals surface area contributed by atoms with E-state index in [9.17, 15) is 14.7 Å². The normalized spacial score (nSPS) is 15.0. The first kappa shape index (κ1) is 25.0. The molecular weight excluding hydrogens is 576 g/mol. The quantitative estimate of drug-likeness (QED) is 0.203. The molecule has 1 fully saturated rings. The number of amides is 2. The van der Waals surface area contributed by atoms with Crippen molar-refractivity contribution >= 4 is 83.7 Å².